The van der Waals surface area contributed by atoms with E-state index in [1.54, 1.807) is 4.57 Å². The van der Waals surface area contributed by atoms with Gasteiger partial charge in [0, 0.05) is 25.0 Å². The fraction of sp³-hybridized carbons (Fsp3) is 0.824. The van der Waals surface area contributed by atoms with Crippen molar-refractivity contribution in [1.82, 2.24) is 19.2 Å². The molecule has 1 atom stereocenters. The summed E-state index contributed by atoms with van der Waals surface area (Å²) in [6.07, 6.45) is 6.23. The molecule has 1 aromatic rings. The highest BCUT2D eigenvalue weighted by molar-refractivity contribution is 5.77. The van der Waals surface area contributed by atoms with Crippen LogP contribution in [0.15, 0.2) is 4.79 Å². The highest BCUT2D eigenvalue weighted by Gasteiger charge is 2.37. The second-order valence-corrected chi connectivity index (χ2v) is 7.34. The molecule has 3 rings (SSSR count). The molecule has 2 heterocycles. The van der Waals surface area contributed by atoms with Crippen LogP contribution in [0.2, 0.25) is 0 Å². The lowest BCUT2D eigenvalue weighted by Gasteiger charge is -2.32. The molecule has 0 aromatic carbocycles. The van der Waals surface area contributed by atoms with Gasteiger partial charge in [-0.1, -0.05) is 20.3 Å². The number of fused-ring (bicyclic) bond motifs is 1. The van der Waals surface area contributed by atoms with Gasteiger partial charge in [0.2, 0.25) is 5.91 Å². The van der Waals surface area contributed by atoms with Gasteiger partial charge in [0.15, 0.2) is 0 Å². The minimum Gasteiger partial charge on any atom is -0.335 e. The van der Waals surface area contributed by atoms with E-state index in [2.05, 4.69) is 25.9 Å². The summed E-state index contributed by atoms with van der Waals surface area (Å²) in [7, 11) is 0. The fourth-order valence-corrected chi connectivity index (χ4v) is 3.38. The van der Waals surface area contributed by atoms with Crippen molar-refractivity contribution in [2.75, 3.05) is 0 Å². The molecular formula is C17H28N4O2. The molecule has 128 valence electrons. The Hall–Kier alpha value is -1.59. The SMILES string of the molecule is CC(C)[C@H](C)N(C(=O)Cn1nc2n(c1=O)CCCCC2)C1CC1. The van der Waals surface area contributed by atoms with Crippen LogP contribution in [-0.2, 0) is 24.3 Å². The number of hydrogen-bond donors (Lipinski definition) is 0. The third-order valence-corrected chi connectivity index (χ3v) is 5.20. The van der Waals surface area contributed by atoms with Gasteiger partial charge < -0.3 is 4.90 Å². The summed E-state index contributed by atoms with van der Waals surface area (Å²) in [5.41, 5.74) is -0.122. The van der Waals surface area contributed by atoms with Crippen molar-refractivity contribution in [3.63, 3.8) is 0 Å². The lowest BCUT2D eigenvalue weighted by molar-refractivity contribution is -0.135. The van der Waals surface area contributed by atoms with Gasteiger partial charge in [0.1, 0.15) is 12.4 Å². The summed E-state index contributed by atoms with van der Waals surface area (Å²) >= 11 is 0. The summed E-state index contributed by atoms with van der Waals surface area (Å²) in [6, 6.07) is 0.558. The molecule has 6 nitrogen and oxygen atoms in total. The Balaban J connectivity index is 1.78. The normalized spacial score (nSPS) is 19.3. The van der Waals surface area contributed by atoms with Crippen LogP contribution in [0.1, 0.15) is 58.7 Å². The maximum absolute atomic E-state index is 12.8. The molecule has 1 aromatic heterocycles. The second kappa shape index (κ2) is 6.49. The molecule has 0 N–H and O–H groups in total. The Morgan fingerprint density at radius 1 is 1.26 bits per heavy atom. The van der Waals surface area contributed by atoms with Gasteiger partial charge in [-0.05, 0) is 38.5 Å². The Labute approximate surface area is 137 Å². The first-order chi connectivity index (χ1) is 11.0. The second-order valence-electron chi connectivity index (χ2n) is 7.34. The van der Waals surface area contributed by atoms with Crippen molar-refractivity contribution in [1.29, 1.82) is 0 Å². The van der Waals surface area contributed by atoms with Crippen molar-refractivity contribution in [2.45, 2.75) is 84.5 Å². The molecule has 1 aliphatic carbocycles. The van der Waals surface area contributed by atoms with Crippen LogP contribution in [0.3, 0.4) is 0 Å². The van der Waals surface area contributed by atoms with Crippen LogP contribution in [0.4, 0.5) is 0 Å². The van der Waals surface area contributed by atoms with Gasteiger partial charge in [0.05, 0.1) is 0 Å². The van der Waals surface area contributed by atoms with E-state index < -0.39 is 0 Å². The first kappa shape index (κ1) is 16.3. The van der Waals surface area contributed by atoms with Crippen LogP contribution >= 0.6 is 0 Å². The number of hydrogen-bond acceptors (Lipinski definition) is 3. The predicted octanol–water partition coefficient (Wildman–Crippen LogP) is 1.81. The Morgan fingerprint density at radius 2 is 2.00 bits per heavy atom. The van der Waals surface area contributed by atoms with Crippen LogP contribution in [0.5, 0.6) is 0 Å². The number of amides is 1. The monoisotopic (exact) mass is 320 g/mol. The standard InChI is InChI=1S/C17H28N4O2/c1-12(2)13(3)21(14-8-9-14)16(22)11-20-17(23)19-10-6-4-5-7-15(19)18-20/h12-14H,4-11H2,1-3H3/t13-/m0/s1. The van der Waals surface area contributed by atoms with Gasteiger partial charge in [-0.25, -0.2) is 9.48 Å². The molecule has 1 fully saturated rings. The van der Waals surface area contributed by atoms with Crippen LogP contribution in [0, 0.1) is 5.92 Å². The number of aromatic nitrogens is 3. The topological polar surface area (TPSA) is 60.1 Å². The first-order valence-electron chi connectivity index (χ1n) is 8.96. The maximum Gasteiger partial charge on any atom is 0.346 e. The lowest BCUT2D eigenvalue weighted by atomic mass is 10.0. The molecular weight excluding hydrogens is 292 g/mol. The van der Waals surface area contributed by atoms with E-state index in [0.29, 0.717) is 12.0 Å². The van der Waals surface area contributed by atoms with Crippen molar-refractivity contribution in [3.05, 3.63) is 16.3 Å². The average molecular weight is 320 g/mol. The van der Waals surface area contributed by atoms with Crippen molar-refractivity contribution < 1.29 is 4.79 Å². The van der Waals surface area contributed by atoms with E-state index in [-0.39, 0.29) is 24.2 Å². The van der Waals surface area contributed by atoms with Gasteiger partial charge in [0.25, 0.3) is 0 Å². The van der Waals surface area contributed by atoms with Crippen molar-refractivity contribution >= 4 is 5.91 Å². The summed E-state index contributed by atoms with van der Waals surface area (Å²) < 4.78 is 3.14. The highest BCUT2D eigenvalue weighted by Crippen LogP contribution is 2.30. The van der Waals surface area contributed by atoms with E-state index in [4.69, 9.17) is 0 Å². The van der Waals surface area contributed by atoms with Gasteiger partial charge in [-0.15, -0.1) is 0 Å². The minimum atomic E-state index is -0.122. The zero-order valence-electron chi connectivity index (χ0n) is 14.5. The third kappa shape index (κ3) is 3.35. The van der Waals surface area contributed by atoms with E-state index in [9.17, 15) is 9.59 Å². The van der Waals surface area contributed by atoms with Crippen molar-refractivity contribution in [3.8, 4) is 0 Å². The molecule has 6 heteroatoms. The van der Waals surface area contributed by atoms with Crippen LogP contribution in [0.25, 0.3) is 0 Å². The summed E-state index contributed by atoms with van der Waals surface area (Å²) in [6.45, 7) is 7.19. The van der Waals surface area contributed by atoms with E-state index in [0.717, 1.165) is 50.9 Å². The summed E-state index contributed by atoms with van der Waals surface area (Å²) in [5, 5.41) is 4.44. The van der Waals surface area contributed by atoms with E-state index >= 15 is 0 Å². The highest BCUT2D eigenvalue weighted by atomic mass is 16.2. The van der Waals surface area contributed by atoms with Crippen LogP contribution < -0.4 is 5.69 Å². The average Bonchev–Trinajstić information content (AvgIpc) is 3.30. The minimum absolute atomic E-state index is 0.0315. The number of rotatable bonds is 5. The third-order valence-electron chi connectivity index (χ3n) is 5.20. The number of carbonyl (C=O) groups is 1. The Morgan fingerprint density at radius 3 is 2.65 bits per heavy atom. The summed E-state index contributed by atoms with van der Waals surface area (Å²) in [4.78, 5) is 27.3. The molecule has 0 radical (unpaired) electrons. The van der Waals surface area contributed by atoms with E-state index in [1.165, 1.54) is 4.68 Å². The van der Waals surface area contributed by atoms with Crippen LogP contribution in [-0.4, -0.2) is 37.2 Å². The summed E-state index contributed by atoms with van der Waals surface area (Å²) in [5.74, 6) is 1.29. The number of carbonyl (C=O) groups excluding carboxylic acids is 1. The molecule has 23 heavy (non-hydrogen) atoms. The van der Waals surface area contributed by atoms with E-state index in [1.807, 2.05) is 4.90 Å². The number of nitrogens with zero attached hydrogens (tertiary/aromatic N) is 4. The largest absolute Gasteiger partial charge is 0.346 e. The van der Waals surface area contributed by atoms with Crippen molar-refractivity contribution in [2.24, 2.45) is 5.92 Å². The predicted molar refractivity (Wildman–Crippen MR) is 88.2 cm³/mol. The zero-order valence-corrected chi connectivity index (χ0v) is 14.5. The Kier molecular flexibility index (Phi) is 4.60. The molecule has 1 aliphatic heterocycles. The maximum atomic E-state index is 12.8. The first-order valence-corrected chi connectivity index (χ1v) is 8.96. The molecule has 0 saturated heterocycles. The van der Waals surface area contributed by atoms with Gasteiger partial charge >= 0.3 is 5.69 Å². The number of aryl methyl sites for hydroxylation is 1. The quantitative estimate of drug-likeness (QED) is 0.831. The molecule has 0 unspecified atom stereocenters. The Bertz CT molecular complexity index is 627. The van der Waals surface area contributed by atoms with Gasteiger partial charge in [-0.3, -0.25) is 9.36 Å². The molecule has 2 aliphatic rings. The smallest absolute Gasteiger partial charge is 0.335 e. The fourth-order valence-electron chi connectivity index (χ4n) is 3.38. The molecule has 0 spiro atoms. The molecule has 1 amide bonds. The van der Waals surface area contributed by atoms with Gasteiger partial charge in [-0.2, -0.15) is 5.10 Å². The molecule has 0 bridgehead atoms. The lowest BCUT2D eigenvalue weighted by Crippen LogP contribution is -2.45. The molecule has 1 saturated carbocycles. The zero-order chi connectivity index (χ0) is 16.6.